The molecule has 302 valence electrons. The number of halogens is 1. The lowest BCUT2D eigenvalue weighted by Crippen LogP contribution is -2.53. The number of fused-ring (bicyclic) bond motifs is 4. The number of likely N-dealkylation sites (tertiary alicyclic amines) is 1. The van der Waals surface area contributed by atoms with Crippen LogP contribution in [-0.4, -0.2) is 90.5 Å². The molecule has 0 radical (unpaired) electrons. The Labute approximate surface area is 338 Å². The molecular weight excluding hydrogens is 724 g/mol. The van der Waals surface area contributed by atoms with Gasteiger partial charge in [0, 0.05) is 47.2 Å². The van der Waals surface area contributed by atoms with Gasteiger partial charge in [-0.1, -0.05) is 31.5 Å². The SMILES string of the molecule is C[C@@H](COc1ccnc2c1[C@H](C)CCC2)C[C@H]1Cc2cc3c(cc2C12CCC(Nc1cccc(Cl)c1)(C(=O)O)CC2)O[C@H](CN(C)C1CCN(C)CC1)CCO3. The minimum Gasteiger partial charge on any atom is -0.493 e. The van der Waals surface area contributed by atoms with Gasteiger partial charge in [-0.25, -0.2) is 4.79 Å². The van der Waals surface area contributed by atoms with E-state index in [1.807, 2.05) is 36.5 Å². The molecule has 2 aliphatic heterocycles. The topological polar surface area (TPSA) is 96.4 Å². The smallest absolute Gasteiger partial charge is 0.329 e. The average Bonchev–Trinajstić information content (AvgIpc) is 3.30. The number of hydrogen-bond acceptors (Lipinski definition) is 8. The molecule has 2 N–H and O–H groups in total. The van der Waals surface area contributed by atoms with Gasteiger partial charge in [-0.3, -0.25) is 9.88 Å². The molecule has 3 aromatic rings. The molecule has 0 amide bonds. The number of ether oxygens (including phenoxy) is 3. The third kappa shape index (κ3) is 7.97. The van der Waals surface area contributed by atoms with Gasteiger partial charge in [-0.15, -0.1) is 0 Å². The molecule has 0 bridgehead atoms. The fourth-order valence-corrected chi connectivity index (χ4v) is 11.1. The fraction of sp³-hybridized carbons (Fsp3) is 0.609. The maximum Gasteiger partial charge on any atom is 0.329 e. The number of carbonyl (C=O) groups is 1. The first-order valence-electron chi connectivity index (χ1n) is 21.3. The van der Waals surface area contributed by atoms with Gasteiger partial charge in [-0.05, 0) is 169 Å². The molecule has 2 fully saturated rings. The molecule has 3 aliphatic carbocycles. The van der Waals surface area contributed by atoms with Crippen molar-refractivity contribution in [2.75, 3.05) is 52.3 Å². The number of carboxylic acids is 1. The van der Waals surface area contributed by atoms with Crippen molar-refractivity contribution in [2.24, 2.45) is 11.8 Å². The van der Waals surface area contributed by atoms with Gasteiger partial charge in [-0.2, -0.15) is 0 Å². The van der Waals surface area contributed by atoms with Crippen molar-refractivity contribution in [3.63, 3.8) is 0 Å². The van der Waals surface area contributed by atoms with E-state index in [0.717, 1.165) is 81.1 Å². The summed E-state index contributed by atoms with van der Waals surface area (Å²) in [7, 11) is 4.46. The number of nitrogens with one attached hydrogen (secondary N) is 1. The molecule has 1 aromatic heterocycles. The lowest BCUT2D eigenvalue weighted by Gasteiger charge is -2.47. The number of likely N-dealkylation sites (N-methyl/N-ethyl adjacent to an activating group) is 1. The van der Waals surface area contributed by atoms with Crippen molar-refractivity contribution in [1.82, 2.24) is 14.8 Å². The molecule has 4 atom stereocenters. The average molecular weight is 785 g/mol. The lowest BCUT2D eigenvalue weighted by atomic mass is 9.59. The predicted octanol–water partition coefficient (Wildman–Crippen LogP) is 8.76. The monoisotopic (exact) mass is 784 g/mol. The second-order valence-electron chi connectivity index (χ2n) is 18.0. The maximum absolute atomic E-state index is 13.1. The minimum absolute atomic E-state index is 0.0406. The minimum atomic E-state index is -1.08. The summed E-state index contributed by atoms with van der Waals surface area (Å²) < 4.78 is 20.0. The summed E-state index contributed by atoms with van der Waals surface area (Å²) in [6, 6.07) is 14.6. The number of benzene rings is 2. The Morgan fingerprint density at radius 3 is 2.68 bits per heavy atom. The molecule has 3 heterocycles. The van der Waals surface area contributed by atoms with Crippen molar-refractivity contribution in [2.45, 2.75) is 120 Å². The normalized spacial score (nSPS) is 28.4. The van der Waals surface area contributed by atoms with Crippen molar-refractivity contribution in [3.8, 4) is 17.2 Å². The molecular formula is C46H61ClN4O5. The molecule has 2 aromatic carbocycles. The van der Waals surface area contributed by atoms with Crippen LogP contribution in [0.5, 0.6) is 17.2 Å². The Bertz CT molecular complexity index is 1870. The van der Waals surface area contributed by atoms with Crippen LogP contribution in [0.1, 0.15) is 106 Å². The zero-order chi connectivity index (χ0) is 39.0. The van der Waals surface area contributed by atoms with E-state index < -0.39 is 11.5 Å². The molecule has 5 aliphatic rings. The predicted molar refractivity (Wildman–Crippen MR) is 222 cm³/mol. The highest BCUT2D eigenvalue weighted by atomic mass is 35.5. The third-order valence-corrected chi connectivity index (χ3v) is 14.4. The van der Waals surface area contributed by atoms with E-state index in [0.29, 0.717) is 54.9 Å². The summed E-state index contributed by atoms with van der Waals surface area (Å²) in [5.74, 6) is 2.94. The molecule has 9 nitrogen and oxygen atoms in total. The highest BCUT2D eigenvalue weighted by Crippen LogP contribution is 2.58. The van der Waals surface area contributed by atoms with Crippen LogP contribution in [0.15, 0.2) is 48.7 Å². The van der Waals surface area contributed by atoms with Crippen LogP contribution in [0.3, 0.4) is 0 Å². The molecule has 1 saturated carbocycles. The van der Waals surface area contributed by atoms with E-state index in [9.17, 15) is 9.90 Å². The molecule has 0 unspecified atom stereocenters. The van der Waals surface area contributed by atoms with Crippen LogP contribution >= 0.6 is 11.6 Å². The molecule has 10 heteroatoms. The lowest BCUT2D eigenvalue weighted by molar-refractivity contribution is -0.144. The molecule has 56 heavy (non-hydrogen) atoms. The number of aryl methyl sites for hydroxylation is 1. The maximum atomic E-state index is 13.1. The summed E-state index contributed by atoms with van der Waals surface area (Å²) in [5, 5.41) is 14.8. The van der Waals surface area contributed by atoms with E-state index in [2.05, 4.69) is 55.2 Å². The first-order valence-corrected chi connectivity index (χ1v) is 21.6. The Kier molecular flexibility index (Phi) is 11.5. The van der Waals surface area contributed by atoms with Gasteiger partial charge >= 0.3 is 5.97 Å². The number of rotatable bonds is 11. The van der Waals surface area contributed by atoms with Crippen molar-refractivity contribution in [3.05, 3.63) is 76.1 Å². The van der Waals surface area contributed by atoms with E-state index in [1.54, 1.807) is 0 Å². The highest BCUT2D eigenvalue weighted by Gasteiger charge is 2.54. The number of aliphatic carboxylic acids is 1. The third-order valence-electron chi connectivity index (χ3n) is 14.1. The van der Waals surface area contributed by atoms with Crippen LogP contribution in [-0.2, 0) is 23.1 Å². The van der Waals surface area contributed by atoms with Crippen LogP contribution in [0.4, 0.5) is 5.69 Å². The van der Waals surface area contributed by atoms with E-state index in [4.69, 9.17) is 30.8 Å². The summed E-state index contributed by atoms with van der Waals surface area (Å²) >= 11 is 6.34. The van der Waals surface area contributed by atoms with Crippen LogP contribution < -0.4 is 19.5 Å². The standard InChI is InChI=1S/C46H61ClN4O5/c1-30(29-55-40-11-19-48-39-10-5-7-31(2)43(39)40)23-33-24-32-25-41-42(56-37(14-22-54-41)28-51(4)36-12-20-50(3)21-13-36)27-38(32)45(33)15-17-46(18-16-45,44(52)53)49-35-9-6-8-34(47)26-35/h6,8-9,11,19,25-27,30-31,33,36-37,49H,5,7,10,12-18,20-24,28-29H2,1-4H3,(H,52,53)/t30-,31-,33+,37+,45?,46?/m1/s1. The van der Waals surface area contributed by atoms with E-state index >= 15 is 0 Å². The van der Waals surface area contributed by atoms with Crippen LogP contribution in [0, 0.1) is 11.8 Å². The molecule has 8 rings (SSSR count). The quantitative estimate of drug-likeness (QED) is 0.198. The molecule has 1 spiro atoms. The summed E-state index contributed by atoms with van der Waals surface area (Å²) in [6.07, 6.45) is 13.0. The number of piperidine rings is 1. The highest BCUT2D eigenvalue weighted by molar-refractivity contribution is 6.30. The number of anilines is 1. The number of pyridine rings is 1. The number of aromatic nitrogens is 1. The van der Waals surface area contributed by atoms with Gasteiger partial charge in [0.25, 0.3) is 0 Å². The summed E-state index contributed by atoms with van der Waals surface area (Å²) in [4.78, 5) is 22.8. The van der Waals surface area contributed by atoms with Crippen molar-refractivity contribution in [1.29, 1.82) is 0 Å². The van der Waals surface area contributed by atoms with Crippen LogP contribution in [0.25, 0.3) is 0 Å². The second kappa shape index (κ2) is 16.4. The Morgan fingerprint density at radius 2 is 1.91 bits per heavy atom. The summed E-state index contributed by atoms with van der Waals surface area (Å²) in [5.41, 5.74) is 4.59. The Hall–Kier alpha value is -3.53. The van der Waals surface area contributed by atoms with Gasteiger partial charge in [0.2, 0.25) is 0 Å². The summed E-state index contributed by atoms with van der Waals surface area (Å²) in [6.45, 7) is 9.01. The number of carboxylic acid groups (broad SMARTS) is 1. The van der Waals surface area contributed by atoms with Gasteiger partial charge < -0.3 is 29.5 Å². The molecule has 1 saturated heterocycles. The first-order chi connectivity index (χ1) is 27.0. The Morgan fingerprint density at radius 1 is 1.11 bits per heavy atom. The van der Waals surface area contributed by atoms with Crippen molar-refractivity contribution < 1.29 is 24.1 Å². The van der Waals surface area contributed by atoms with Crippen LogP contribution in [0.2, 0.25) is 5.02 Å². The van der Waals surface area contributed by atoms with Gasteiger partial charge in [0.1, 0.15) is 17.4 Å². The largest absolute Gasteiger partial charge is 0.493 e. The zero-order valence-electron chi connectivity index (χ0n) is 33.8. The first kappa shape index (κ1) is 39.3. The van der Waals surface area contributed by atoms with Gasteiger partial charge in [0.15, 0.2) is 11.5 Å². The Balaban J connectivity index is 1.05. The second-order valence-corrected chi connectivity index (χ2v) is 18.4. The van der Waals surface area contributed by atoms with E-state index in [1.165, 1.54) is 48.1 Å². The number of hydrogen-bond donors (Lipinski definition) is 2. The van der Waals surface area contributed by atoms with Gasteiger partial charge in [0.05, 0.1) is 13.2 Å². The zero-order valence-corrected chi connectivity index (χ0v) is 34.6. The number of nitrogens with zero attached hydrogens (tertiary/aromatic N) is 3. The van der Waals surface area contributed by atoms with Crippen molar-refractivity contribution >= 4 is 23.3 Å². The fourth-order valence-electron chi connectivity index (χ4n) is 10.9. The van der Waals surface area contributed by atoms with E-state index in [-0.39, 0.29) is 11.5 Å².